The number of pyridine rings is 1. The molecule has 0 aliphatic heterocycles. The molecule has 2 aliphatic rings. The van der Waals surface area contributed by atoms with Gasteiger partial charge in [0.1, 0.15) is 0 Å². The molecule has 3 rings (SSSR count). The van der Waals surface area contributed by atoms with Crippen LogP contribution in [0.5, 0.6) is 0 Å². The van der Waals surface area contributed by atoms with Gasteiger partial charge in [0, 0.05) is 22.7 Å². The first-order valence-electron chi connectivity index (χ1n) is 6.20. The van der Waals surface area contributed by atoms with Gasteiger partial charge in [-0.3, -0.25) is 9.78 Å². The summed E-state index contributed by atoms with van der Waals surface area (Å²) in [5.74, 6) is 0.120. The first-order valence-corrected chi connectivity index (χ1v) is 6.20. The minimum atomic E-state index is -0.310. The van der Waals surface area contributed by atoms with Crippen LogP contribution >= 0.6 is 0 Å². The standard InChI is InChI=1S/C16H15NO/c1-16(2)13(11-7-4-3-5-8-11)14(18)12-9-6-10-17-15(12)16/h4-10H,3H2,1-2H3. The van der Waals surface area contributed by atoms with Crippen LogP contribution < -0.4 is 0 Å². The number of ketones is 1. The lowest BCUT2D eigenvalue weighted by atomic mass is 9.82. The molecule has 18 heavy (non-hydrogen) atoms. The van der Waals surface area contributed by atoms with E-state index in [9.17, 15) is 4.79 Å². The van der Waals surface area contributed by atoms with Gasteiger partial charge in [-0.25, -0.2) is 0 Å². The van der Waals surface area contributed by atoms with Gasteiger partial charge in [-0.2, -0.15) is 0 Å². The van der Waals surface area contributed by atoms with Gasteiger partial charge in [0.25, 0.3) is 0 Å². The van der Waals surface area contributed by atoms with E-state index in [-0.39, 0.29) is 11.2 Å². The van der Waals surface area contributed by atoms with Gasteiger partial charge in [0.2, 0.25) is 0 Å². The number of allylic oxidation sites excluding steroid dienone is 6. The molecule has 0 bridgehead atoms. The summed E-state index contributed by atoms with van der Waals surface area (Å²) in [5.41, 5.74) is 3.22. The molecule has 1 aromatic rings. The summed E-state index contributed by atoms with van der Waals surface area (Å²) in [6.07, 6.45) is 11.0. The molecule has 1 aromatic heterocycles. The number of hydrogen-bond donors (Lipinski definition) is 0. The minimum absolute atomic E-state index is 0.120. The molecule has 2 heteroatoms. The number of hydrogen-bond acceptors (Lipinski definition) is 2. The lowest BCUT2D eigenvalue weighted by Gasteiger charge is -2.21. The normalized spacial score (nSPS) is 20.4. The number of fused-ring (bicyclic) bond motifs is 1. The Morgan fingerprint density at radius 2 is 1.94 bits per heavy atom. The van der Waals surface area contributed by atoms with Crippen LogP contribution in [0.1, 0.15) is 36.3 Å². The molecular weight excluding hydrogens is 222 g/mol. The van der Waals surface area contributed by atoms with Crippen molar-refractivity contribution in [3.63, 3.8) is 0 Å². The maximum atomic E-state index is 12.5. The molecule has 0 amide bonds. The number of carbonyl (C=O) groups is 1. The van der Waals surface area contributed by atoms with Gasteiger partial charge < -0.3 is 0 Å². The Morgan fingerprint density at radius 3 is 2.61 bits per heavy atom. The maximum absolute atomic E-state index is 12.5. The van der Waals surface area contributed by atoms with Crippen LogP contribution in [0.25, 0.3) is 0 Å². The first-order chi connectivity index (χ1) is 8.62. The van der Waals surface area contributed by atoms with Crippen LogP contribution in [0.15, 0.2) is 53.8 Å². The number of rotatable bonds is 0. The first kappa shape index (κ1) is 11.1. The Kier molecular flexibility index (Phi) is 2.34. The fourth-order valence-electron chi connectivity index (χ4n) is 2.81. The molecule has 0 radical (unpaired) electrons. The minimum Gasteiger partial charge on any atom is -0.289 e. The molecular formula is C16H15NO. The van der Waals surface area contributed by atoms with Crippen LogP contribution in [-0.4, -0.2) is 10.8 Å². The Balaban J connectivity index is 2.27. The molecule has 0 saturated heterocycles. The summed E-state index contributed by atoms with van der Waals surface area (Å²) in [6, 6.07) is 3.70. The highest BCUT2D eigenvalue weighted by molar-refractivity contribution is 6.15. The lowest BCUT2D eigenvalue weighted by Crippen LogP contribution is -2.19. The monoisotopic (exact) mass is 237 g/mol. The second-order valence-electron chi connectivity index (χ2n) is 5.22. The van der Waals surface area contributed by atoms with Gasteiger partial charge >= 0.3 is 0 Å². The summed E-state index contributed by atoms with van der Waals surface area (Å²) < 4.78 is 0. The van der Waals surface area contributed by atoms with Gasteiger partial charge in [0.15, 0.2) is 5.78 Å². The number of Topliss-reactive ketones (excluding diaryl/α,β-unsaturated/α-hetero) is 1. The van der Waals surface area contributed by atoms with E-state index in [4.69, 9.17) is 0 Å². The van der Waals surface area contributed by atoms with Gasteiger partial charge in [-0.05, 0) is 38.0 Å². The van der Waals surface area contributed by atoms with E-state index in [2.05, 4.69) is 31.0 Å². The zero-order chi connectivity index (χ0) is 12.8. The van der Waals surface area contributed by atoms with E-state index in [1.807, 2.05) is 24.3 Å². The highest BCUT2D eigenvalue weighted by Gasteiger charge is 2.43. The smallest absolute Gasteiger partial charge is 0.192 e. The Bertz CT molecular complexity index is 604. The molecule has 0 N–H and O–H groups in total. The van der Waals surface area contributed by atoms with Crippen molar-refractivity contribution >= 4 is 5.78 Å². The molecule has 0 saturated carbocycles. The quantitative estimate of drug-likeness (QED) is 0.647. The zero-order valence-corrected chi connectivity index (χ0v) is 10.6. The van der Waals surface area contributed by atoms with Crippen molar-refractivity contribution in [2.45, 2.75) is 25.7 Å². The van der Waals surface area contributed by atoms with Crippen molar-refractivity contribution in [3.05, 3.63) is 65.0 Å². The lowest BCUT2D eigenvalue weighted by molar-refractivity contribution is 0.103. The molecule has 0 atom stereocenters. The van der Waals surface area contributed by atoms with Crippen molar-refractivity contribution < 1.29 is 4.79 Å². The van der Waals surface area contributed by atoms with Gasteiger partial charge in [0.05, 0.1) is 5.69 Å². The molecule has 1 heterocycles. The van der Waals surface area contributed by atoms with Crippen LogP contribution in [0, 0.1) is 0 Å². The summed E-state index contributed by atoms with van der Waals surface area (Å²) in [6.45, 7) is 4.14. The third kappa shape index (κ3) is 1.42. The fraction of sp³-hybridized carbons (Fsp3) is 0.250. The van der Waals surface area contributed by atoms with E-state index in [1.54, 1.807) is 6.20 Å². The highest BCUT2D eigenvalue weighted by Crippen LogP contribution is 2.43. The maximum Gasteiger partial charge on any atom is 0.192 e. The molecule has 0 aromatic carbocycles. The SMILES string of the molecule is CC1(C)C(=C2C=CCC=C2)C(=O)c2cccnc21. The van der Waals surface area contributed by atoms with Gasteiger partial charge in [-0.1, -0.05) is 24.3 Å². The second-order valence-corrected chi connectivity index (χ2v) is 5.22. The zero-order valence-electron chi connectivity index (χ0n) is 10.6. The van der Waals surface area contributed by atoms with Crippen molar-refractivity contribution in [1.29, 1.82) is 0 Å². The van der Waals surface area contributed by atoms with Crippen LogP contribution in [0.3, 0.4) is 0 Å². The molecule has 90 valence electrons. The molecule has 2 aliphatic carbocycles. The summed E-state index contributed by atoms with van der Waals surface area (Å²) in [7, 11) is 0. The van der Waals surface area contributed by atoms with Crippen molar-refractivity contribution in [2.24, 2.45) is 0 Å². The van der Waals surface area contributed by atoms with E-state index >= 15 is 0 Å². The Labute approximate surface area is 107 Å². The Morgan fingerprint density at radius 1 is 1.22 bits per heavy atom. The summed E-state index contributed by atoms with van der Waals surface area (Å²) in [5, 5.41) is 0. The third-order valence-corrected chi connectivity index (χ3v) is 3.65. The van der Waals surface area contributed by atoms with E-state index in [0.29, 0.717) is 0 Å². The number of carbonyl (C=O) groups excluding carboxylic acids is 1. The van der Waals surface area contributed by atoms with Crippen LogP contribution in [0.2, 0.25) is 0 Å². The summed E-state index contributed by atoms with van der Waals surface area (Å²) in [4.78, 5) is 17.0. The molecule has 0 spiro atoms. The van der Waals surface area contributed by atoms with E-state index in [0.717, 1.165) is 28.8 Å². The second kappa shape index (κ2) is 3.77. The Hall–Kier alpha value is -1.96. The fourth-order valence-corrected chi connectivity index (χ4v) is 2.81. The van der Waals surface area contributed by atoms with Crippen LogP contribution in [0.4, 0.5) is 0 Å². The predicted octanol–water partition coefficient (Wildman–Crippen LogP) is 3.37. The van der Waals surface area contributed by atoms with Crippen molar-refractivity contribution in [3.8, 4) is 0 Å². The largest absolute Gasteiger partial charge is 0.289 e. The van der Waals surface area contributed by atoms with E-state index in [1.165, 1.54) is 0 Å². The van der Waals surface area contributed by atoms with Gasteiger partial charge in [-0.15, -0.1) is 0 Å². The predicted molar refractivity (Wildman–Crippen MR) is 71.5 cm³/mol. The molecule has 2 nitrogen and oxygen atoms in total. The highest BCUT2D eigenvalue weighted by atomic mass is 16.1. The average molecular weight is 237 g/mol. The van der Waals surface area contributed by atoms with Crippen LogP contribution in [-0.2, 0) is 5.41 Å². The van der Waals surface area contributed by atoms with Crippen molar-refractivity contribution in [1.82, 2.24) is 4.98 Å². The topological polar surface area (TPSA) is 30.0 Å². The number of aromatic nitrogens is 1. The van der Waals surface area contributed by atoms with E-state index < -0.39 is 0 Å². The van der Waals surface area contributed by atoms with Crippen molar-refractivity contribution in [2.75, 3.05) is 0 Å². The average Bonchev–Trinajstić information content (AvgIpc) is 2.59. The molecule has 0 fully saturated rings. The number of nitrogens with zero attached hydrogens (tertiary/aromatic N) is 1. The summed E-state index contributed by atoms with van der Waals surface area (Å²) >= 11 is 0. The molecule has 0 unspecified atom stereocenters. The third-order valence-electron chi connectivity index (χ3n) is 3.65.